The summed E-state index contributed by atoms with van der Waals surface area (Å²) in [5, 5.41) is 1.99. The van der Waals surface area contributed by atoms with Crippen LogP contribution in [-0.4, -0.2) is 42.1 Å². The minimum atomic E-state index is 0.0368. The van der Waals surface area contributed by atoms with E-state index in [0.717, 1.165) is 49.9 Å². The molecule has 3 rings (SSSR count). The lowest BCUT2D eigenvalue weighted by Crippen LogP contribution is -2.30. The third kappa shape index (κ3) is 3.12. The Morgan fingerprint density at radius 1 is 1.36 bits per heavy atom. The van der Waals surface area contributed by atoms with Gasteiger partial charge < -0.3 is 9.64 Å². The Morgan fingerprint density at radius 2 is 2.23 bits per heavy atom. The number of hydrogen-bond donors (Lipinski definition) is 0. The lowest BCUT2D eigenvalue weighted by Gasteiger charge is -2.17. The molecule has 1 atom stereocenters. The van der Waals surface area contributed by atoms with Crippen molar-refractivity contribution in [2.45, 2.75) is 19.8 Å². The van der Waals surface area contributed by atoms with Gasteiger partial charge in [-0.05, 0) is 24.3 Å². The average molecular weight is 298 g/mol. The third-order valence-electron chi connectivity index (χ3n) is 4.15. The summed E-state index contributed by atoms with van der Waals surface area (Å²) >= 11 is 0. The fourth-order valence-corrected chi connectivity index (χ4v) is 2.99. The van der Waals surface area contributed by atoms with E-state index in [1.807, 2.05) is 35.2 Å². The molecule has 0 bridgehead atoms. The van der Waals surface area contributed by atoms with Crippen LogP contribution in [0.3, 0.4) is 0 Å². The molecule has 22 heavy (non-hydrogen) atoms. The van der Waals surface area contributed by atoms with Crippen LogP contribution in [0.4, 0.5) is 0 Å². The van der Waals surface area contributed by atoms with Crippen LogP contribution in [0.2, 0.25) is 0 Å². The molecule has 1 aromatic carbocycles. The van der Waals surface area contributed by atoms with E-state index in [2.05, 4.69) is 11.9 Å². The molecule has 1 saturated heterocycles. The molecule has 0 aliphatic carbocycles. The van der Waals surface area contributed by atoms with E-state index >= 15 is 0 Å². The molecule has 2 aromatic rings. The predicted octanol–water partition coefficient (Wildman–Crippen LogP) is 3.12. The number of fused-ring (bicyclic) bond motifs is 1. The second-order valence-corrected chi connectivity index (χ2v) is 5.86. The van der Waals surface area contributed by atoms with Gasteiger partial charge in [0.15, 0.2) is 0 Å². The van der Waals surface area contributed by atoms with Gasteiger partial charge in [0.25, 0.3) is 5.91 Å². The molecule has 116 valence electrons. The number of benzene rings is 1. The predicted molar refractivity (Wildman–Crippen MR) is 86.9 cm³/mol. The first kappa shape index (κ1) is 15.0. The summed E-state index contributed by atoms with van der Waals surface area (Å²) in [5.41, 5.74) is 0.563. The number of hydrogen-bond acceptors (Lipinski definition) is 3. The standard InChI is InChI=1S/C18H22N2O2/c1-2-11-22-13-14-8-10-20(12-14)18(21)17-16-6-4-3-5-15(16)7-9-19-17/h3-7,9,14H,2,8,10-13H2,1H3/t14-/m0/s1. The number of carbonyl (C=O) groups excluding carboxylic acids is 1. The first-order valence-electron chi connectivity index (χ1n) is 8.00. The van der Waals surface area contributed by atoms with Crippen LogP contribution in [0.1, 0.15) is 30.3 Å². The number of rotatable bonds is 5. The van der Waals surface area contributed by atoms with E-state index < -0.39 is 0 Å². The molecule has 1 aliphatic rings. The summed E-state index contributed by atoms with van der Waals surface area (Å²) in [6.07, 6.45) is 3.77. The highest BCUT2D eigenvalue weighted by Crippen LogP contribution is 2.22. The van der Waals surface area contributed by atoms with Gasteiger partial charge in [0.1, 0.15) is 5.69 Å². The highest BCUT2D eigenvalue weighted by molar-refractivity contribution is 6.05. The van der Waals surface area contributed by atoms with Gasteiger partial charge in [0.2, 0.25) is 0 Å². The lowest BCUT2D eigenvalue weighted by atomic mass is 10.1. The van der Waals surface area contributed by atoms with Crippen LogP contribution in [0.25, 0.3) is 10.8 Å². The van der Waals surface area contributed by atoms with Crippen molar-refractivity contribution in [3.63, 3.8) is 0 Å². The molecule has 1 aliphatic heterocycles. The van der Waals surface area contributed by atoms with Crippen molar-refractivity contribution >= 4 is 16.7 Å². The Labute approximate surface area is 131 Å². The highest BCUT2D eigenvalue weighted by atomic mass is 16.5. The number of carbonyl (C=O) groups is 1. The van der Waals surface area contributed by atoms with Gasteiger partial charge >= 0.3 is 0 Å². The normalized spacial score (nSPS) is 18.0. The fraction of sp³-hybridized carbons (Fsp3) is 0.444. The zero-order valence-corrected chi connectivity index (χ0v) is 13.0. The van der Waals surface area contributed by atoms with E-state index in [-0.39, 0.29) is 5.91 Å². The highest BCUT2D eigenvalue weighted by Gasteiger charge is 2.28. The summed E-state index contributed by atoms with van der Waals surface area (Å²) in [5.74, 6) is 0.486. The van der Waals surface area contributed by atoms with E-state index in [1.54, 1.807) is 6.20 Å². The topological polar surface area (TPSA) is 42.4 Å². The Bertz CT molecular complexity index is 651. The third-order valence-corrected chi connectivity index (χ3v) is 4.15. The van der Waals surface area contributed by atoms with Crippen LogP contribution < -0.4 is 0 Å². The molecule has 0 radical (unpaired) electrons. The maximum atomic E-state index is 12.8. The van der Waals surface area contributed by atoms with Gasteiger partial charge in [0.05, 0.1) is 6.61 Å². The molecule has 2 heterocycles. The zero-order valence-electron chi connectivity index (χ0n) is 13.0. The minimum absolute atomic E-state index is 0.0368. The van der Waals surface area contributed by atoms with E-state index in [1.165, 1.54) is 0 Å². The molecule has 4 heteroatoms. The van der Waals surface area contributed by atoms with Gasteiger partial charge in [-0.25, -0.2) is 0 Å². The maximum absolute atomic E-state index is 12.8. The number of pyridine rings is 1. The molecule has 0 N–H and O–H groups in total. The van der Waals surface area contributed by atoms with Crippen molar-refractivity contribution in [1.82, 2.24) is 9.88 Å². The van der Waals surface area contributed by atoms with Crippen LogP contribution in [0.5, 0.6) is 0 Å². The second-order valence-electron chi connectivity index (χ2n) is 5.86. The van der Waals surface area contributed by atoms with Crippen molar-refractivity contribution in [2.75, 3.05) is 26.3 Å². The quantitative estimate of drug-likeness (QED) is 0.797. The molecule has 0 unspecified atom stereocenters. The first-order chi connectivity index (χ1) is 10.8. The van der Waals surface area contributed by atoms with Crippen molar-refractivity contribution in [1.29, 1.82) is 0 Å². The summed E-state index contributed by atoms with van der Waals surface area (Å²) in [7, 11) is 0. The van der Waals surface area contributed by atoms with Gasteiger partial charge in [-0.1, -0.05) is 31.2 Å². The van der Waals surface area contributed by atoms with Gasteiger partial charge in [-0.3, -0.25) is 9.78 Å². The molecule has 1 aromatic heterocycles. The van der Waals surface area contributed by atoms with Gasteiger partial charge in [-0.2, -0.15) is 0 Å². The summed E-state index contributed by atoms with van der Waals surface area (Å²) < 4.78 is 5.62. The Hall–Kier alpha value is -1.94. The monoisotopic (exact) mass is 298 g/mol. The maximum Gasteiger partial charge on any atom is 0.273 e. The Balaban J connectivity index is 1.71. The van der Waals surface area contributed by atoms with Crippen LogP contribution >= 0.6 is 0 Å². The zero-order chi connectivity index (χ0) is 15.4. The van der Waals surface area contributed by atoms with Crippen LogP contribution in [0.15, 0.2) is 36.5 Å². The molecule has 1 fully saturated rings. The van der Waals surface area contributed by atoms with Gasteiger partial charge in [-0.15, -0.1) is 0 Å². The molecule has 0 saturated carbocycles. The number of ether oxygens (including phenoxy) is 1. The van der Waals surface area contributed by atoms with Crippen molar-refractivity contribution < 1.29 is 9.53 Å². The first-order valence-corrected chi connectivity index (χ1v) is 8.00. The summed E-state index contributed by atoms with van der Waals surface area (Å²) in [6, 6.07) is 9.85. The SMILES string of the molecule is CCCOC[C@H]1CCN(C(=O)c2nccc3ccccc23)C1. The Kier molecular flexibility index (Phi) is 4.68. The van der Waals surface area contributed by atoms with Crippen molar-refractivity contribution in [3.8, 4) is 0 Å². The fourth-order valence-electron chi connectivity index (χ4n) is 2.99. The smallest absolute Gasteiger partial charge is 0.273 e. The minimum Gasteiger partial charge on any atom is -0.381 e. The number of aromatic nitrogens is 1. The largest absolute Gasteiger partial charge is 0.381 e. The van der Waals surface area contributed by atoms with Crippen molar-refractivity contribution in [2.24, 2.45) is 5.92 Å². The Morgan fingerprint density at radius 3 is 3.09 bits per heavy atom. The summed E-state index contributed by atoms with van der Waals surface area (Å²) in [6.45, 7) is 5.23. The van der Waals surface area contributed by atoms with E-state index in [0.29, 0.717) is 11.6 Å². The molecule has 0 spiro atoms. The van der Waals surface area contributed by atoms with Crippen LogP contribution in [-0.2, 0) is 4.74 Å². The van der Waals surface area contributed by atoms with Crippen molar-refractivity contribution in [3.05, 3.63) is 42.2 Å². The number of amides is 1. The number of likely N-dealkylation sites (tertiary alicyclic amines) is 1. The van der Waals surface area contributed by atoms with Crippen LogP contribution in [0, 0.1) is 5.92 Å². The molecule has 4 nitrogen and oxygen atoms in total. The number of nitrogens with zero attached hydrogens (tertiary/aromatic N) is 2. The van der Waals surface area contributed by atoms with Gasteiger partial charge in [0, 0.05) is 37.2 Å². The lowest BCUT2D eigenvalue weighted by molar-refractivity contribution is 0.0751. The summed E-state index contributed by atoms with van der Waals surface area (Å²) in [4.78, 5) is 19.0. The molecule has 1 amide bonds. The van der Waals surface area contributed by atoms with E-state index in [4.69, 9.17) is 4.74 Å². The second kappa shape index (κ2) is 6.88. The molecular formula is C18H22N2O2. The van der Waals surface area contributed by atoms with E-state index in [9.17, 15) is 4.79 Å². The molecular weight excluding hydrogens is 276 g/mol. The average Bonchev–Trinajstić information content (AvgIpc) is 3.03.